The fourth-order valence-corrected chi connectivity index (χ4v) is 11.5. The quantitative estimate of drug-likeness (QED) is 0.159. The first-order chi connectivity index (χ1) is 34.7. The van der Waals surface area contributed by atoms with Crippen LogP contribution in [0.1, 0.15) is 22.3 Å². The third kappa shape index (κ3) is 6.08. The second-order valence-corrected chi connectivity index (χ2v) is 18.3. The van der Waals surface area contributed by atoms with Crippen molar-refractivity contribution < 1.29 is 9.15 Å². The smallest absolute Gasteiger partial charge is 0.143 e. The molecule has 1 aliphatic heterocycles. The molecule has 0 saturated carbocycles. The Morgan fingerprint density at radius 2 is 0.814 bits per heavy atom. The molecule has 2 aliphatic rings. The Labute approximate surface area is 406 Å². The Balaban J connectivity index is 1.01. The summed E-state index contributed by atoms with van der Waals surface area (Å²) >= 11 is 0. The third-order valence-electron chi connectivity index (χ3n) is 14.6. The standard InChI is InChI=1S/C67H43NO2/c1-3-18-44(19-4-1)50-22-7-8-23-51(50)47-36-40-62(57(42-47)45-20-5-2-6-21-45)68(48-37-34-46(35-38-48)52-27-17-28-56-55-26-11-15-32-63(55)70-66(52)56)49-39-41-65-61(43-49)67(60-31-14-16-33-64(60)69-65)58-29-12-9-24-53(58)54-25-10-13-30-59(54)67/h1-43H. The van der Waals surface area contributed by atoms with Gasteiger partial charge in [0, 0.05) is 44.4 Å². The van der Waals surface area contributed by atoms with Crippen molar-refractivity contribution in [3.8, 4) is 67.1 Å². The molecular formula is C67H43NO2. The second kappa shape index (κ2) is 16.0. The van der Waals surface area contributed by atoms with Gasteiger partial charge < -0.3 is 14.1 Å². The third-order valence-corrected chi connectivity index (χ3v) is 14.6. The molecule has 1 aliphatic carbocycles. The van der Waals surface area contributed by atoms with E-state index in [4.69, 9.17) is 9.15 Å². The first-order valence-electron chi connectivity index (χ1n) is 24.0. The Kier molecular flexibility index (Phi) is 9.11. The van der Waals surface area contributed by atoms with Gasteiger partial charge in [-0.25, -0.2) is 0 Å². The predicted octanol–water partition coefficient (Wildman–Crippen LogP) is 18.2. The molecule has 0 saturated heterocycles. The van der Waals surface area contributed by atoms with Gasteiger partial charge in [-0.15, -0.1) is 0 Å². The van der Waals surface area contributed by atoms with Gasteiger partial charge in [0.2, 0.25) is 0 Å². The molecule has 328 valence electrons. The van der Waals surface area contributed by atoms with Crippen LogP contribution in [-0.4, -0.2) is 0 Å². The van der Waals surface area contributed by atoms with Crippen LogP contribution in [0.2, 0.25) is 0 Å². The molecule has 2 heterocycles. The first kappa shape index (κ1) is 39.9. The minimum atomic E-state index is -0.624. The fraction of sp³-hybridized carbons (Fsp3) is 0.0149. The van der Waals surface area contributed by atoms with Crippen molar-refractivity contribution in [3.63, 3.8) is 0 Å². The lowest BCUT2D eigenvalue weighted by Gasteiger charge is -2.40. The van der Waals surface area contributed by atoms with E-state index in [0.29, 0.717) is 0 Å². The van der Waals surface area contributed by atoms with Crippen molar-refractivity contribution in [2.24, 2.45) is 0 Å². The molecule has 0 atom stereocenters. The highest BCUT2D eigenvalue weighted by atomic mass is 16.5. The minimum absolute atomic E-state index is 0.624. The molecule has 0 radical (unpaired) electrons. The van der Waals surface area contributed by atoms with Crippen LogP contribution in [0.3, 0.4) is 0 Å². The molecule has 1 spiro atoms. The summed E-state index contributed by atoms with van der Waals surface area (Å²) in [6.45, 7) is 0. The van der Waals surface area contributed by atoms with Crippen LogP contribution in [0.25, 0.3) is 77.6 Å². The summed E-state index contributed by atoms with van der Waals surface area (Å²) in [6.07, 6.45) is 0. The van der Waals surface area contributed by atoms with E-state index in [-0.39, 0.29) is 0 Å². The van der Waals surface area contributed by atoms with E-state index >= 15 is 0 Å². The number of furan rings is 1. The van der Waals surface area contributed by atoms with Gasteiger partial charge in [-0.2, -0.15) is 0 Å². The number of hydrogen-bond acceptors (Lipinski definition) is 3. The normalized spacial score (nSPS) is 12.8. The van der Waals surface area contributed by atoms with Gasteiger partial charge in [0.25, 0.3) is 0 Å². The zero-order valence-corrected chi connectivity index (χ0v) is 38.1. The van der Waals surface area contributed by atoms with Crippen LogP contribution in [0, 0.1) is 0 Å². The summed E-state index contributed by atoms with van der Waals surface area (Å²) in [4.78, 5) is 2.43. The second-order valence-electron chi connectivity index (χ2n) is 18.3. The van der Waals surface area contributed by atoms with Crippen molar-refractivity contribution in [3.05, 3.63) is 283 Å². The lowest BCUT2D eigenvalue weighted by Crippen LogP contribution is -2.32. The molecule has 0 amide bonds. The molecule has 0 unspecified atom stereocenters. The number of benzene rings is 11. The highest BCUT2D eigenvalue weighted by molar-refractivity contribution is 6.09. The van der Waals surface area contributed by atoms with Gasteiger partial charge in [0.15, 0.2) is 0 Å². The number of hydrogen-bond donors (Lipinski definition) is 0. The van der Waals surface area contributed by atoms with Gasteiger partial charge in [0.05, 0.1) is 11.1 Å². The molecule has 3 heteroatoms. The number of ether oxygens (including phenoxy) is 1. The molecule has 11 aromatic carbocycles. The Hall–Kier alpha value is -9.18. The number of fused-ring (bicyclic) bond motifs is 12. The number of nitrogens with zero attached hydrogens (tertiary/aromatic N) is 1. The molecular weight excluding hydrogens is 851 g/mol. The van der Waals surface area contributed by atoms with Crippen LogP contribution in [-0.2, 0) is 5.41 Å². The van der Waals surface area contributed by atoms with E-state index in [1.54, 1.807) is 0 Å². The topological polar surface area (TPSA) is 25.6 Å². The van der Waals surface area contributed by atoms with Crippen LogP contribution in [0.5, 0.6) is 11.5 Å². The van der Waals surface area contributed by atoms with E-state index in [1.165, 1.54) is 38.9 Å². The molecule has 3 nitrogen and oxygen atoms in total. The van der Waals surface area contributed by atoms with Gasteiger partial charge in [-0.1, -0.05) is 206 Å². The highest BCUT2D eigenvalue weighted by Gasteiger charge is 2.51. The van der Waals surface area contributed by atoms with Crippen LogP contribution < -0.4 is 9.64 Å². The van der Waals surface area contributed by atoms with Gasteiger partial charge in [-0.3, -0.25) is 0 Å². The van der Waals surface area contributed by atoms with E-state index in [9.17, 15) is 0 Å². The maximum atomic E-state index is 6.94. The Morgan fingerprint density at radius 3 is 1.54 bits per heavy atom. The average Bonchev–Trinajstić information content (AvgIpc) is 3.96. The molecule has 0 bridgehead atoms. The lowest BCUT2D eigenvalue weighted by atomic mass is 9.66. The largest absolute Gasteiger partial charge is 0.457 e. The van der Waals surface area contributed by atoms with Crippen LogP contribution in [0.15, 0.2) is 265 Å². The van der Waals surface area contributed by atoms with E-state index in [1.807, 2.05) is 12.1 Å². The van der Waals surface area contributed by atoms with Gasteiger partial charge in [0.1, 0.15) is 22.7 Å². The number of rotatable bonds is 7. The Bertz CT molecular complexity index is 3940. The van der Waals surface area contributed by atoms with Crippen molar-refractivity contribution in [1.82, 2.24) is 0 Å². The monoisotopic (exact) mass is 893 g/mol. The minimum Gasteiger partial charge on any atom is -0.457 e. The zero-order valence-electron chi connectivity index (χ0n) is 38.1. The summed E-state index contributed by atoms with van der Waals surface area (Å²) in [5.74, 6) is 1.72. The summed E-state index contributed by atoms with van der Waals surface area (Å²) in [5, 5.41) is 2.23. The predicted molar refractivity (Wildman–Crippen MR) is 288 cm³/mol. The highest BCUT2D eigenvalue weighted by Crippen LogP contribution is 2.63. The van der Waals surface area contributed by atoms with Crippen molar-refractivity contribution >= 4 is 39.0 Å². The lowest BCUT2D eigenvalue weighted by molar-refractivity contribution is 0.436. The SMILES string of the molecule is c1ccc(-c2ccccc2-c2ccc(N(c3ccc(-c4cccc5c4oc4ccccc45)cc3)c3ccc4c(c3)C3(c5ccccc5O4)c4ccccc4-c4ccccc43)c(-c3ccccc3)c2)cc1. The summed E-state index contributed by atoms with van der Waals surface area (Å²) in [7, 11) is 0. The molecule has 0 N–H and O–H groups in total. The van der Waals surface area contributed by atoms with Gasteiger partial charge in [-0.05, 0) is 110 Å². The average molecular weight is 894 g/mol. The van der Waals surface area contributed by atoms with Crippen molar-refractivity contribution in [2.45, 2.75) is 5.41 Å². The summed E-state index contributed by atoms with van der Waals surface area (Å²) in [6, 6.07) is 94.1. The van der Waals surface area contributed by atoms with Gasteiger partial charge >= 0.3 is 0 Å². The molecule has 12 aromatic rings. The van der Waals surface area contributed by atoms with E-state index in [0.717, 1.165) is 89.4 Å². The molecule has 70 heavy (non-hydrogen) atoms. The first-order valence-corrected chi connectivity index (χ1v) is 24.0. The summed E-state index contributed by atoms with van der Waals surface area (Å²) < 4.78 is 13.5. The maximum Gasteiger partial charge on any atom is 0.143 e. The fourth-order valence-electron chi connectivity index (χ4n) is 11.5. The molecule has 0 fully saturated rings. The van der Waals surface area contributed by atoms with E-state index < -0.39 is 5.41 Å². The number of anilines is 3. The maximum absolute atomic E-state index is 6.94. The molecule has 1 aromatic heterocycles. The van der Waals surface area contributed by atoms with Crippen molar-refractivity contribution in [2.75, 3.05) is 4.90 Å². The summed E-state index contributed by atoms with van der Waals surface area (Å²) in [5.41, 5.74) is 20.6. The number of para-hydroxylation sites is 3. The van der Waals surface area contributed by atoms with Crippen molar-refractivity contribution in [1.29, 1.82) is 0 Å². The Morgan fingerprint density at radius 1 is 0.300 bits per heavy atom. The van der Waals surface area contributed by atoms with Crippen LogP contribution >= 0.6 is 0 Å². The van der Waals surface area contributed by atoms with Crippen LogP contribution in [0.4, 0.5) is 17.1 Å². The zero-order chi connectivity index (χ0) is 46.2. The molecule has 14 rings (SSSR count). The van der Waals surface area contributed by atoms with E-state index in [2.05, 4.69) is 254 Å².